The average molecular weight is 267 g/mol. The second-order valence-electron chi connectivity index (χ2n) is 5.59. The number of aliphatic hydroxyl groups is 1. The van der Waals surface area contributed by atoms with Gasteiger partial charge in [-0.1, -0.05) is 6.07 Å². The molecular formula is C14H22FN3O. The molecule has 0 radical (unpaired) electrons. The number of halogens is 1. The first-order valence-electron chi connectivity index (χ1n) is 6.56. The monoisotopic (exact) mass is 267 g/mol. The molecule has 5 heteroatoms. The highest BCUT2D eigenvalue weighted by molar-refractivity contribution is 5.40. The number of likely N-dealkylation sites (tertiary alicyclic amines) is 1. The number of β-amino-alcohol motifs (C(OH)–C–C–N with tert-alkyl or cyclic N) is 1. The summed E-state index contributed by atoms with van der Waals surface area (Å²) in [5.74, 6) is -0.273. The number of benzene rings is 1. The summed E-state index contributed by atoms with van der Waals surface area (Å²) in [4.78, 5) is 4.23. The van der Waals surface area contributed by atoms with Crippen molar-refractivity contribution in [1.82, 2.24) is 9.80 Å². The topological polar surface area (TPSA) is 52.7 Å². The molecule has 2 atom stereocenters. The molecule has 1 aromatic rings. The molecule has 0 saturated carbocycles. The normalized spacial score (nSPS) is 24.3. The van der Waals surface area contributed by atoms with E-state index in [1.165, 1.54) is 6.07 Å². The molecule has 2 rings (SSSR count). The van der Waals surface area contributed by atoms with Gasteiger partial charge in [0.15, 0.2) is 0 Å². The average Bonchev–Trinajstić information content (AvgIpc) is 2.62. The third-order valence-corrected chi connectivity index (χ3v) is 3.53. The highest BCUT2D eigenvalue weighted by atomic mass is 19.1. The quantitative estimate of drug-likeness (QED) is 0.796. The van der Waals surface area contributed by atoms with Gasteiger partial charge in [-0.25, -0.2) is 4.39 Å². The molecule has 1 aliphatic rings. The molecule has 1 aliphatic heterocycles. The molecule has 0 spiro atoms. The van der Waals surface area contributed by atoms with Gasteiger partial charge in [-0.2, -0.15) is 0 Å². The van der Waals surface area contributed by atoms with E-state index in [0.717, 1.165) is 13.0 Å². The minimum Gasteiger partial charge on any atom is -0.399 e. The zero-order valence-electron chi connectivity index (χ0n) is 11.5. The van der Waals surface area contributed by atoms with Gasteiger partial charge in [0.05, 0.1) is 6.10 Å². The number of aliphatic hydroxyl groups excluding tert-OH is 1. The van der Waals surface area contributed by atoms with Crippen molar-refractivity contribution >= 4 is 5.69 Å². The third-order valence-electron chi connectivity index (χ3n) is 3.53. The van der Waals surface area contributed by atoms with Gasteiger partial charge in [-0.3, -0.25) is 4.90 Å². The Morgan fingerprint density at radius 1 is 1.47 bits per heavy atom. The van der Waals surface area contributed by atoms with E-state index < -0.39 is 0 Å². The third kappa shape index (κ3) is 3.65. The summed E-state index contributed by atoms with van der Waals surface area (Å²) in [6.07, 6.45) is 0.427. The van der Waals surface area contributed by atoms with Crippen molar-refractivity contribution in [1.29, 1.82) is 0 Å². The summed E-state index contributed by atoms with van der Waals surface area (Å²) in [5.41, 5.74) is 6.62. The smallest absolute Gasteiger partial charge is 0.129 e. The van der Waals surface area contributed by atoms with Crippen LogP contribution in [-0.2, 0) is 6.54 Å². The Morgan fingerprint density at radius 2 is 2.21 bits per heavy atom. The van der Waals surface area contributed by atoms with Gasteiger partial charge in [-0.15, -0.1) is 0 Å². The molecule has 1 aromatic carbocycles. The minimum absolute atomic E-state index is 0.266. The largest absolute Gasteiger partial charge is 0.399 e. The van der Waals surface area contributed by atoms with Gasteiger partial charge < -0.3 is 15.7 Å². The molecule has 0 aliphatic carbocycles. The summed E-state index contributed by atoms with van der Waals surface area (Å²) in [6.45, 7) is 1.98. The van der Waals surface area contributed by atoms with Gasteiger partial charge >= 0.3 is 0 Å². The lowest BCUT2D eigenvalue weighted by molar-refractivity contribution is 0.168. The fourth-order valence-corrected chi connectivity index (χ4v) is 2.67. The van der Waals surface area contributed by atoms with E-state index in [2.05, 4.69) is 9.80 Å². The van der Waals surface area contributed by atoms with Crippen LogP contribution < -0.4 is 5.73 Å². The highest BCUT2D eigenvalue weighted by Gasteiger charge is 2.31. The van der Waals surface area contributed by atoms with Crippen LogP contribution in [0.2, 0.25) is 0 Å². The Kier molecular flexibility index (Phi) is 4.39. The number of nitrogens with two attached hydrogens (primary N) is 1. The van der Waals surface area contributed by atoms with Crippen molar-refractivity contribution in [3.63, 3.8) is 0 Å². The number of nitrogen functional groups attached to an aromatic ring is 1. The summed E-state index contributed by atoms with van der Waals surface area (Å²) in [6, 6.07) is 5.05. The molecule has 0 aromatic heterocycles. The number of hydrogen-bond acceptors (Lipinski definition) is 4. The molecule has 1 fully saturated rings. The zero-order chi connectivity index (χ0) is 14.0. The molecule has 106 valence electrons. The van der Waals surface area contributed by atoms with Crippen LogP contribution in [0.25, 0.3) is 0 Å². The van der Waals surface area contributed by atoms with Gasteiger partial charge in [0.25, 0.3) is 0 Å². The molecule has 1 heterocycles. The number of hydrogen-bond donors (Lipinski definition) is 2. The van der Waals surface area contributed by atoms with Crippen LogP contribution in [0.5, 0.6) is 0 Å². The van der Waals surface area contributed by atoms with Gasteiger partial charge in [-0.05, 0) is 32.6 Å². The van der Waals surface area contributed by atoms with Crippen LogP contribution in [0.1, 0.15) is 12.0 Å². The Bertz CT molecular complexity index is 439. The Morgan fingerprint density at radius 3 is 2.84 bits per heavy atom. The van der Waals surface area contributed by atoms with Crippen LogP contribution >= 0.6 is 0 Å². The molecule has 0 bridgehead atoms. The minimum atomic E-state index is -0.318. The highest BCUT2D eigenvalue weighted by Crippen LogP contribution is 2.22. The Hall–Kier alpha value is -1.17. The maximum absolute atomic E-state index is 13.8. The van der Waals surface area contributed by atoms with E-state index in [-0.39, 0.29) is 18.0 Å². The lowest BCUT2D eigenvalue weighted by Gasteiger charge is -2.26. The van der Waals surface area contributed by atoms with Crippen LogP contribution in [0.4, 0.5) is 10.1 Å². The first-order valence-corrected chi connectivity index (χ1v) is 6.56. The first-order chi connectivity index (χ1) is 8.95. The fourth-order valence-electron chi connectivity index (χ4n) is 2.67. The van der Waals surface area contributed by atoms with Crippen LogP contribution in [0.15, 0.2) is 18.2 Å². The van der Waals surface area contributed by atoms with Gasteiger partial charge in [0, 0.05) is 36.9 Å². The van der Waals surface area contributed by atoms with Gasteiger partial charge in [0.2, 0.25) is 0 Å². The Balaban J connectivity index is 2.07. The summed E-state index contributed by atoms with van der Waals surface area (Å²) >= 11 is 0. The number of anilines is 1. The van der Waals surface area contributed by atoms with Crippen molar-refractivity contribution < 1.29 is 9.50 Å². The maximum Gasteiger partial charge on any atom is 0.129 e. The van der Waals surface area contributed by atoms with Gasteiger partial charge in [0.1, 0.15) is 5.82 Å². The molecular weight excluding hydrogens is 245 g/mol. The van der Waals surface area contributed by atoms with Crippen LogP contribution in [0.3, 0.4) is 0 Å². The first kappa shape index (κ1) is 14.2. The fraction of sp³-hybridized carbons (Fsp3) is 0.571. The summed E-state index contributed by atoms with van der Waals surface area (Å²) < 4.78 is 13.8. The summed E-state index contributed by atoms with van der Waals surface area (Å²) in [7, 11) is 4.01. The number of nitrogens with zero attached hydrogens (tertiary/aromatic N) is 2. The second kappa shape index (κ2) is 5.86. The van der Waals surface area contributed by atoms with Crippen molar-refractivity contribution in [2.75, 3.05) is 32.9 Å². The maximum atomic E-state index is 13.8. The predicted molar refractivity (Wildman–Crippen MR) is 74.2 cm³/mol. The predicted octanol–water partition coefficient (Wildman–Crippen LogP) is 0.905. The SMILES string of the molecule is CN(C)CC1CC(O)CN1Cc1ccc(N)cc1F. The number of rotatable bonds is 4. The van der Waals surface area contributed by atoms with E-state index in [4.69, 9.17) is 5.73 Å². The van der Waals surface area contributed by atoms with Crippen LogP contribution in [-0.4, -0.2) is 54.2 Å². The zero-order valence-corrected chi connectivity index (χ0v) is 11.5. The molecule has 19 heavy (non-hydrogen) atoms. The van der Waals surface area contributed by atoms with Crippen molar-refractivity contribution in [2.45, 2.75) is 25.1 Å². The standard InChI is InChI=1S/C14H22FN3O/c1-17(2)8-12-6-13(19)9-18(12)7-10-3-4-11(16)5-14(10)15/h3-5,12-13,19H,6-9,16H2,1-2H3. The van der Waals surface area contributed by atoms with E-state index in [1.807, 2.05) is 14.1 Å². The molecule has 4 nitrogen and oxygen atoms in total. The van der Waals surface area contributed by atoms with E-state index in [9.17, 15) is 9.50 Å². The van der Waals surface area contributed by atoms with Crippen molar-refractivity contribution in [3.05, 3.63) is 29.6 Å². The Labute approximate surface area is 113 Å². The van der Waals surface area contributed by atoms with Crippen molar-refractivity contribution in [3.8, 4) is 0 Å². The molecule has 3 N–H and O–H groups in total. The van der Waals surface area contributed by atoms with E-state index >= 15 is 0 Å². The second-order valence-corrected chi connectivity index (χ2v) is 5.59. The van der Waals surface area contributed by atoms with Crippen LogP contribution in [0, 0.1) is 5.82 Å². The summed E-state index contributed by atoms with van der Waals surface area (Å²) in [5, 5.41) is 9.80. The molecule has 0 amide bonds. The number of likely N-dealkylation sites (N-methyl/N-ethyl adjacent to an activating group) is 1. The lowest BCUT2D eigenvalue weighted by Crippen LogP contribution is -2.37. The van der Waals surface area contributed by atoms with E-state index in [0.29, 0.717) is 24.3 Å². The van der Waals surface area contributed by atoms with Crippen molar-refractivity contribution in [2.24, 2.45) is 0 Å². The molecule has 1 saturated heterocycles. The van der Waals surface area contributed by atoms with E-state index in [1.54, 1.807) is 12.1 Å². The molecule has 2 unspecified atom stereocenters. The lowest BCUT2D eigenvalue weighted by atomic mass is 10.1.